The molecule has 3 rings (SSSR count). The van der Waals surface area contributed by atoms with E-state index in [0.717, 1.165) is 22.3 Å². The largest absolute Gasteiger partial charge is 0.465 e. The molecule has 152 valence electrons. The van der Waals surface area contributed by atoms with Gasteiger partial charge in [0.25, 0.3) is 0 Å². The van der Waals surface area contributed by atoms with Crippen LogP contribution in [-0.4, -0.2) is 39.5 Å². The maximum atomic E-state index is 12.4. The van der Waals surface area contributed by atoms with Crippen LogP contribution < -0.4 is 5.32 Å². The zero-order valence-corrected chi connectivity index (χ0v) is 18.1. The summed E-state index contributed by atoms with van der Waals surface area (Å²) in [6.45, 7) is 1.88. The zero-order chi connectivity index (χ0) is 20.1. The van der Waals surface area contributed by atoms with Crippen LogP contribution in [0, 0.1) is 12.8 Å². The number of thioether (sulfide) groups is 1. The summed E-state index contributed by atoms with van der Waals surface area (Å²) < 4.78 is 6.76. The van der Waals surface area contributed by atoms with Gasteiger partial charge in [0, 0.05) is 18.3 Å². The highest BCUT2D eigenvalue weighted by Crippen LogP contribution is 2.29. The predicted octanol–water partition coefficient (Wildman–Crippen LogP) is 3.83. The topological polar surface area (TPSA) is 86.1 Å². The molecule has 0 unspecified atom stereocenters. The van der Waals surface area contributed by atoms with E-state index in [1.54, 1.807) is 6.07 Å². The van der Waals surface area contributed by atoms with E-state index in [-0.39, 0.29) is 11.7 Å². The standard InChI is InChI=1S/C19H26N4O3S2/c1-12-9-14(18(25)26-3)17(28-12)20-16(24)11-27-19-22-21-15(23(19)2)10-13-7-5-4-6-8-13/h9,13H,4-8,10-11H2,1-3H3,(H,20,24). The molecule has 1 N–H and O–H groups in total. The summed E-state index contributed by atoms with van der Waals surface area (Å²) in [6, 6.07) is 1.72. The van der Waals surface area contributed by atoms with Crippen LogP contribution in [0.5, 0.6) is 0 Å². The van der Waals surface area contributed by atoms with Crippen molar-refractivity contribution in [3.63, 3.8) is 0 Å². The average Bonchev–Trinajstić information content (AvgIpc) is 3.23. The van der Waals surface area contributed by atoms with Crippen molar-refractivity contribution in [3.8, 4) is 0 Å². The van der Waals surface area contributed by atoms with Gasteiger partial charge in [-0.15, -0.1) is 21.5 Å². The second kappa shape index (κ2) is 9.56. The molecule has 28 heavy (non-hydrogen) atoms. The summed E-state index contributed by atoms with van der Waals surface area (Å²) in [5.74, 6) is 1.24. The van der Waals surface area contributed by atoms with Gasteiger partial charge in [-0.3, -0.25) is 4.79 Å². The van der Waals surface area contributed by atoms with Crippen LogP contribution in [0.4, 0.5) is 5.00 Å². The van der Waals surface area contributed by atoms with E-state index in [0.29, 0.717) is 16.5 Å². The van der Waals surface area contributed by atoms with E-state index >= 15 is 0 Å². The highest BCUT2D eigenvalue weighted by atomic mass is 32.2. The number of rotatable bonds is 7. The van der Waals surface area contributed by atoms with Gasteiger partial charge in [0.05, 0.1) is 18.4 Å². The fourth-order valence-electron chi connectivity index (χ4n) is 3.46. The summed E-state index contributed by atoms with van der Waals surface area (Å²) in [7, 11) is 3.28. The highest BCUT2D eigenvalue weighted by molar-refractivity contribution is 7.99. The first-order valence-electron chi connectivity index (χ1n) is 9.47. The smallest absolute Gasteiger partial charge is 0.340 e. The normalized spacial score (nSPS) is 14.8. The van der Waals surface area contributed by atoms with E-state index in [2.05, 4.69) is 15.5 Å². The summed E-state index contributed by atoms with van der Waals surface area (Å²) in [5, 5.41) is 12.6. The zero-order valence-electron chi connectivity index (χ0n) is 16.5. The molecule has 1 aliphatic rings. The number of hydrogen-bond donors (Lipinski definition) is 1. The molecule has 0 saturated heterocycles. The molecule has 1 aliphatic carbocycles. The quantitative estimate of drug-likeness (QED) is 0.539. The molecule has 0 spiro atoms. The fourth-order valence-corrected chi connectivity index (χ4v) is 5.11. The number of nitrogens with one attached hydrogen (secondary N) is 1. The molecule has 9 heteroatoms. The number of thiophene rings is 1. The monoisotopic (exact) mass is 422 g/mol. The van der Waals surface area contributed by atoms with Crippen LogP contribution >= 0.6 is 23.1 Å². The average molecular weight is 423 g/mol. The van der Waals surface area contributed by atoms with Gasteiger partial charge in [-0.25, -0.2) is 4.79 Å². The number of amides is 1. The van der Waals surface area contributed by atoms with Crippen molar-refractivity contribution >= 4 is 40.0 Å². The third-order valence-electron chi connectivity index (χ3n) is 4.97. The third-order valence-corrected chi connectivity index (χ3v) is 6.95. The fraction of sp³-hybridized carbons (Fsp3) is 0.579. The Hall–Kier alpha value is -1.87. The first kappa shape index (κ1) is 20.9. The summed E-state index contributed by atoms with van der Waals surface area (Å²) >= 11 is 2.71. The van der Waals surface area contributed by atoms with Crippen LogP contribution in [-0.2, 0) is 23.0 Å². The van der Waals surface area contributed by atoms with Crippen molar-refractivity contribution in [1.29, 1.82) is 0 Å². The number of esters is 1. The molecule has 2 heterocycles. The molecular formula is C19H26N4O3S2. The van der Waals surface area contributed by atoms with Gasteiger partial charge in [-0.2, -0.15) is 0 Å². The number of aromatic nitrogens is 3. The summed E-state index contributed by atoms with van der Waals surface area (Å²) in [6.07, 6.45) is 7.43. The SMILES string of the molecule is COC(=O)c1cc(C)sc1NC(=O)CSc1nnc(CC2CCCCC2)n1C. The number of hydrogen-bond acceptors (Lipinski definition) is 7. The molecule has 2 aromatic heterocycles. The molecule has 2 aromatic rings. The van der Waals surface area contributed by atoms with E-state index in [4.69, 9.17) is 4.74 Å². The molecule has 0 atom stereocenters. The molecule has 1 saturated carbocycles. The van der Waals surface area contributed by atoms with E-state index in [1.165, 1.54) is 62.3 Å². The van der Waals surface area contributed by atoms with Crippen LogP contribution in [0.2, 0.25) is 0 Å². The van der Waals surface area contributed by atoms with Crippen LogP contribution in [0.25, 0.3) is 0 Å². The molecule has 0 radical (unpaired) electrons. The van der Waals surface area contributed by atoms with Crippen LogP contribution in [0.15, 0.2) is 11.2 Å². The van der Waals surface area contributed by atoms with Gasteiger partial charge in [0.2, 0.25) is 5.91 Å². The van der Waals surface area contributed by atoms with Crippen molar-refractivity contribution in [1.82, 2.24) is 14.8 Å². The van der Waals surface area contributed by atoms with Gasteiger partial charge < -0.3 is 14.6 Å². The molecule has 1 amide bonds. The lowest BCUT2D eigenvalue weighted by Gasteiger charge is -2.20. The Bertz CT molecular complexity index is 840. The van der Waals surface area contributed by atoms with Gasteiger partial charge in [-0.05, 0) is 18.9 Å². The minimum atomic E-state index is -0.451. The lowest BCUT2D eigenvalue weighted by Crippen LogP contribution is -2.16. The maximum absolute atomic E-state index is 12.4. The van der Waals surface area contributed by atoms with Crippen molar-refractivity contribution in [2.24, 2.45) is 13.0 Å². The number of carbonyl (C=O) groups excluding carboxylic acids is 2. The number of ether oxygens (including phenoxy) is 1. The van der Waals surface area contributed by atoms with Crippen molar-refractivity contribution in [2.45, 2.75) is 50.6 Å². The Balaban J connectivity index is 1.56. The molecular weight excluding hydrogens is 396 g/mol. The number of carbonyl (C=O) groups is 2. The van der Waals surface area contributed by atoms with Crippen molar-refractivity contribution < 1.29 is 14.3 Å². The minimum Gasteiger partial charge on any atom is -0.465 e. The van der Waals surface area contributed by atoms with Gasteiger partial charge in [0.15, 0.2) is 5.16 Å². The molecule has 0 aromatic carbocycles. The lowest BCUT2D eigenvalue weighted by atomic mass is 9.87. The van der Waals surface area contributed by atoms with Crippen molar-refractivity contribution in [3.05, 3.63) is 22.3 Å². The van der Waals surface area contributed by atoms with E-state index in [1.807, 2.05) is 18.5 Å². The summed E-state index contributed by atoms with van der Waals surface area (Å²) in [5.41, 5.74) is 0.386. The first-order valence-corrected chi connectivity index (χ1v) is 11.3. The van der Waals surface area contributed by atoms with E-state index in [9.17, 15) is 9.59 Å². The summed E-state index contributed by atoms with van der Waals surface area (Å²) in [4.78, 5) is 25.1. The second-order valence-corrected chi connectivity index (χ2v) is 9.29. The van der Waals surface area contributed by atoms with Crippen molar-refractivity contribution in [2.75, 3.05) is 18.2 Å². The second-order valence-electron chi connectivity index (χ2n) is 7.09. The number of methoxy groups -OCH3 is 1. The Morgan fingerprint density at radius 3 is 2.79 bits per heavy atom. The van der Waals surface area contributed by atoms with E-state index < -0.39 is 5.97 Å². The number of anilines is 1. The Labute approximate surface area is 173 Å². The number of aryl methyl sites for hydroxylation is 1. The minimum absolute atomic E-state index is 0.186. The van der Waals surface area contributed by atoms with Gasteiger partial charge in [-0.1, -0.05) is 43.9 Å². The van der Waals surface area contributed by atoms with Crippen LogP contribution in [0.1, 0.15) is 53.2 Å². The maximum Gasteiger partial charge on any atom is 0.340 e. The Morgan fingerprint density at radius 2 is 2.07 bits per heavy atom. The predicted molar refractivity (Wildman–Crippen MR) is 111 cm³/mol. The number of nitrogens with zero attached hydrogens (tertiary/aromatic N) is 3. The Kier molecular flexibility index (Phi) is 7.12. The molecule has 0 aliphatic heterocycles. The molecule has 7 nitrogen and oxygen atoms in total. The first-order chi connectivity index (χ1) is 13.5. The van der Waals surface area contributed by atoms with Gasteiger partial charge in [0.1, 0.15) is 10.8 Å². The Morgan fingerprint density at radius 1 is 1.32 bits per heavy atom. The molecule has 0 bridgehead atoms. The lowest BCUT2D eigenvalue weighted by molar-refractivity contribution is -0.113. The molecule has 1 fully saturated rings. The van der Waals surface area contributed by atoms with Gasteiger partial charge >= 0.3 is 5.97 Å². The van der Waals surface area contributed by atoms with Crippen LogP contribution in [0.3, 0.4) is 0 Å². The highest BCUT2D eigenvalue weighted by Gasteiger charge is 2.20. The third kappa shape index (κ3) is 5.14.